The molecule has 0 N–H and O–H groups in total. The van der Waals surface area contributed by atoms with E-state index in [9.17, 15) is 0 Å². The standard InChI is InChI=1S/C13H22N2Si/c1-11(14-16(4,5)6)12-7-9-13(10-8-12)15(2)3/h7-10H,1-6H3/b14-11+. The number of hydrogen-bond donors (Lipinski definition) is 0. The van der Waals surface area contributed by atoms with Crippen LogP contribution in [-0.4, -0.2) is 28.0 Å². The Labute approximate surface area is 100 Å². The molecule has 0 saturated carbocycles. The van der Waals surface area contributed by atoms with Gasteiger partial charge in [-0.2, -0.15) is 0 Å². The molecule has 0 radical (unpaired) electrons. The summed E-state index contributed by atoms with van der Waals surface area (Å²) in [5, 5.41) is 0. The molecular weight excluding hydrogens is 212 g/mol. The van der Waals surface area contributed by atoms with Crippen LogP contribution in [0.15, 0.2) is 28.9 Å². The Balaban J connectivity index is 2.94. The zero-order valence-corrected chi connectivity index (χ0v) is 12.2. The molecule has 0 saturated heterocycles. The third-order valence-electron chi connectivity index (χ3n) is 2.30. The van der Waals surface area contributed by atoms with E-state index < -0.39 is 8.24 Å². The predicted molar refractivity (Wildman–Crippen MR) is 76.3 cm³/mol. The predicted octanol–water partition coefficient (Wildman–Crippen LogP) is 3.40. The third kappa shape index (κ3) is 3.81. The Morgan fingerprint density at radius 1 is 1.06 bits per heavy atom. The summed E-state index contributed by atoms with van der Waals surface area (Å²) >= 11 is 0. The first kappa shape index (κ1) is 13.0. The van der Waals surface area contributed by atoms with E-state index in [0.717, 1.165) is 5.71 Å². The smallest absolute Gasteiger partial charge is 0.172 e. The molecule has 0 bridgehead atoms. The molecule has 88 valence electrons. The van der Waals surface area contributed by atoms with Gasteiger partial charge in [-0.3, -0.25) is 0 Å². The summed E-state index contributed by atoms with van der Waals surface area (Å²) in [4.78, 5) is 2.11. The zero-order chi connectivity index (χ0) is 12.3. The number of rotatable bonds is 3. The van der Waals surface area contributed by atoms with E-state index in [0.29, 0.717) is 0 Å². The first-order valence-corrected chi connectivity index (χ1v) is 9.08. The molecule has 0 heterocycles. The summed E-state index contributed by atoms with van der Waals surface area (Å²) in [6.45, 7) is 8.86. The van der Waals surface area contributed by atoms with Crippen molar-refractivity contribution in [3.63, 3.8) is 0 Å². The highest BCUT2D eigenvalue weighted by Gasteiger charge is 2.11. The van der Waals surface area contributed by atoms with Crippen molar-refractivity contribution in [2.24, 2.45) is 4.66 Å². The van der Waals surface area contributed by atoms with Gasteiger partial charge < -0.3 is 9.56 Å². The molecule has 2 nitrogen and oxygen atoms in total. The second-order valence-electron chi connectivity index (χ2n) is 5.31. The summed E-state index contributed by atoms with van der Waals surface area (Å²) in [6, 6.07) is 8.57. The number of hydrogen-bond acceptors (Lipinski definition) is 2. The second kappa shape index (κ2) is 4.83. The average molecular weight is 234 g/mol. The van der Waals surface area contributed by atoms with Crippen molar-refractivity contribution in [2.45, 2.75) is 26.6 Å². The SMILES string of the molecule is C/C(=N\[Si](C)(C)C)c1ccc(N(C)C)cc1. The minimum Gasteiger partial charge on any atom is -0.378 e. The van der Waals surface area contributed by atoms with Crippen LogP contribution in [0.2, 0.25) is 19.6 Å². The van der Waals surface area contributed by atoms with Crippen molar-refractivity contribution in [3.8, 4) is 0 Å². The summed E-state index contributed by atoms with van der Waals surface area (Å²) in [7, 11) is 2.75. The maximum Gasteiger partial charge on any atom is 0.172 e. The van der Waals surface area contributed by atoms with Gasteiger partial charge in [0.25, 0.3) is 0 Å². The van der Waals surface area contributed by atoms with Crippen LogP contribution in [0.1, 0.15) is 12.5 Å². The van der Waals surface area contributed by atoms with Gasteiger partial charge in [0.1, 0.15) is 0 Å². The molecule has 0 aliphatic heterocycles. The largest absolute Gasteiger partial charge is 0.378 e. The Hall–Kier alpha value is -1.09. The van der Waals surface area contributed by atoms with E-state index in [1.807, 2.05) is 0 Å². The van der Waals surface area contributed by atoms with Gasteiger partial charge in [0.05, 0.1) is 0 Å². The summed E-state index contributed by atoms with van der Waals surface area (Å²) in [5.41, 5.74) is 3.61. The third-order valence-corrected chi connectivity index (χ3v) is 3.31. The topological polar surface area (TPSA) is 15.6 Å². The Kier molecular flexibility index (Phi) is 3.91. The molecule has 1 aromatic rings. The molecular formula is C13H22N2Si. The van der Waals surface area contributed by atoms with Crippen LogP contribution in [0.5, 0.6) is 0 Å². The zero-order valence-electron chi connectivity index (χ0n) is 11.2. The summed E-state index contributed by atoms with van der Waals surface area (Å²) in [5.74, 6) is 0. The van der Waals surface area contributed by atoms with Crippen molar-refractivity contribution >= 4 is 19.6 Å². The van der Waals surface area contributed by atoms with Gasteiger partial charge in [-0.1, -0.05) is 12.1 Å². The molecule has 0 fully saturated rings. The fourth-order valence-corrected chi connectivity index (χ4v) is 2.70. The Bertz CT molecular complexity index is 372. The van der Waals surface area contributed by atoms with Crippen LogP contribution in [-0.2, 0) is 0 Å². The Morgan fingerprint density at radius 2 is 1.56 bits per heavy atom. The highest BCUT2D eigenvalue weighted by atomic mass is 28.3. The van der Waals surface area contributed by atoms with Crippen molar-refractivity contribution in [3.05, 3.63) is 29.8 Å². The average Bonchev–Trinajstić information content (AvgIpc) is 2.15. The molecule has 0 spiro atoms. The lowest BCUT2D eigenvalue weighted by atomic mass is 10.1. The van der Waals surface area contributed by atoms with E-state index in [2.05, 4.69) is 69.8 Å². The fourth-order valence-electron chi connectivity index (χ4n) is 1.57. The summed E-state index contributed by atoms with van der Waals surface area (Å²) < 4.78 is 4.80. The van der Waals surface area contributed by atoms with E-state index in [4.69, 9.17) is 4.66 Å². The van der Waals surface area contributed by atoms with E-state index in [-0.39, 0.29) is 0 Å². The van der Waals surface area contributed by atoms with Gasteiger partial charge in [-0.25, -0.2) is 0 Å². The lowest BCUT2D eigenvalue weighted by molar-refractivity contribution is 1.13. The lowest BCUT2D eigenvalue weighted by Gasteiger charge is -2.14. The number of anilines is 1. The van der Waals surface area contributed by atoms with Gasteiger partial charge in [0, 0.05) is 25.5 Å². The van der Waals surface area contributed by atoms with E-state index in [1.165, 1.54) is 11.3 Å². The minimum absolute atomic E-state index is 1.16. The maximum absolute atomic E-state index is 4.80. The molecule has 1 rings (SSSR count). The highest BCUT2D eigenvalue weighted by molar-refractivity contribution is 6.75. The fraction of sp³-hybridized carbons (Fsp3) is 0.462. The van der Waals surface area contributed by atoms with Gasteiger partial charge >= 0.3 is 0 Å². The van der Waals surface area contributed by atoms with Crippen molar-refractivity contribution in [1.82, 2.24) is 0 Å². The molecule has 3 heteroatoms. The molecule has 0 atom stereocenters. The lowest BCUT2D eigenvalue weighted by Crippen LogP contribution is -2.19. The van der Waals surface area contributed by atoms with E-state index >= 15 is 0 Å². The monoisotopic (exact) mass is 234 g/mol. The maximum atomic E-state index is 4.80. The minimum atomic E-state index is -1.36. The van der Waals surface area contributed by atoms with Gasteiger partial charge in [0.15, 0.2) is 8.24 Å². The number of benzene rings is 1. The van der Waals surface area contributed by atoms with Gasteiger partial charge in [-0.05, 0) is 44.3 Å². The first-order chi connectivity index (χ1) is 7.29. The Morgan fingerprint density at radius 3 is 1.94 bits per heavy atom. The van der Waals surface area contributed by atoms with E-state index in [1.54, 1.807) is 0 Å². The van der Waals surface area contributed by atoms with Crippen LogP contribution in [0.25, 0.3) is 0 Å². The molecule has 0 amide bonds. The summed E-state index contributed by atoms with van der Waals surface area (Å²) in [6.07, 6.45) is 0. The van der Waals surface area contributed by atoms with Crippen molar-refractivity contribution in [1.29, 1.82) is 0 Å². The van der Waals surface area contributed by atoms with Gasteiger partial charge in [-0.15, -0.1) is 0 Å². The highest BCUT2D eigenvalue weighted by Crippen LogP contribution is 2.14. The number of nitrogens with zero attached hydrogens (tertiary/aromatic N) is 2. The second-order valence-corrected chi connectivity index (χ2v) is 9.87. The molecule has 0 unspecified atom stereocenters. The molecule has 1 aromatic carbocycles. The van der Waals surface area contributed by atoms with Gasteiger partial charge in [0.2, 0.25) is 0 Å². The van der Waals surface area contributed by atoms with Crippen LogP contribution < -0.4 is 4.90 Å². The van der Waals surface area contributed by atoms with Crippen LogP contribution in [0, 0.1) is 0 Å². The van der Waals surface area contributed by atoms with Crippen molar-refractivity contribution in [2.75, 3.05) is 19.0 Å². The molecule has 0 aliphatic rings. The first-order valence-electron chi connectivity index (χ1n) is 5.64. The van der Waals surface area contributed by atoms with Crippen LogP contribution in [0.4, 0.5) is 5.69 Å². The molecule has 0 aliphatic carbocycles. The quantitative estimate of drug-likeness (QED) is 0.578. The van der Waals surface area contributed by atoms with Crippen molar-refractivity contribution < 1.29 is 0 Å². The normalized spacial score (nSPS) is 12.8. The van der Waals surface area contributed by atoms with Crippen LogP contribution >= 0.6 is 0 Å². The van der Waals surface area contributed by atoms with Crippen LogP contribution in [0.3, 0.4) is 0 Å². The molecule has 0 aromatic heterocycles. The molecule has 16 heavy (non-hydrogen) atoms.